The molecule has 106 valence electrons. The van der Waals surface area contributed by atoms with Crippen molar-refractivity contribution in [1.82, 2.24) is 4.98 Å². The van der Waals surface area contributed by atoms with Gasteiger partial charge in [0.05, 0.1) is 5.69 Å². The zero-order valence-electron chi connectivity index (χ0n) is 12.1. The number of aryl methyl sites for hydroxylation is 2. The quantitative estimate of drug-likeness (QED) is 0.742. The van der Waals surface area contributed by atoms with E-state index in [1.165, 1.54) is 47.7 Å². The van der Waals surface area contributed by atoms with Crippen LogP contribution in [0, 0.1) is 0 Å². The number of rotatable bonds is 3. The summed E-state index contributed by atoms with van der Waals surface area (Å²) in [5, 5.41) is 1.24. The van der Waals surface area contributed by atoms with Gasteiger partial charge in [0.1, 0.15) is 12.4 Å². The fourth-order valence-corrected chi connectivity index (χ4v) is 3.17. The molecule has 2 heteroatoms. The van der Waals surface area contributed by atoms with Crippen LogP contribution in [0.2, 0.25) is 0 Å². The zero-order chi connectivity index (χ0) is 14.1. The van der Waals surface area contributed by atoms with E-state index in [9.17, 15) is 0 Å². The van der Waals surface area contributed by atoms with Gasteiger partial charge in [-0.1, -0.05) is 24.3 Å². The summed E-state index contributed by atoms with van der Waals surface area (Å²) in [6, 6.07) is 17.0. The number of hydrogen-bond acceptors (Lipinski definition) is 1. The van der Waals surface area contributed by atoms with E-state index in [1.54, 1.807) is 0 Å². The molecule has 0 radical (unpaired) electrons. The molecule has 0 bridgehead atoms. The maximum atomic E-state index is 5.96. The largest absolute Gasteiger partial charge is 0.487 e. The fourth-order valence-electron chi connectivity index (χ4n) is 3.17. The predicted octanol–water partition coefficient (Wildman–Crippen LogP) is 4.63. The van der Waals surface area contributed by atoms with E-state index in [-0.39, 0.29) is 0 Å². The molecule has 0 unspecified atom stereocenters. The van der Waals surface area contributed by atoms with Crippen molar-refractivity contribution in [3.8, 4) is 5.75 Å². The minimum absolute atomic E-state index is 0.591. The SMILES string of the molecule is c1ccc2[nH]c(COc3ccc4c(c3)CCCC4)cc2c1. The van der Waals surface area contributed by atoms with E-state index in [0.29, 0.717) is 6.61 Å². The second-order valence-electron chi connectivity index (χ2n) is 5.81. The number of H-pyrrole nitrogens is 1. The minimum Gasteiger partial charge on any atom is -0.487 e. The molecule has 0 fully saturated rings. The Morgan fingerprint density at radius 2 is 1.76 bits per heavy atom. The van der Waals surface area contributed by atoms with Gasteiger partial charge in [0.15, 0.2) is 0 Å². The topological polar surface area (TPSA) is 25.0 Å². The van der Waals surface area contributed by atoms with Gasteiger partial charge < -0.3 is 9.72 Å². The van der Waals surface area contributed by atoms with Crippen LogP contribution in [0.4, 0.5) is 0 Å². The summed E-state index contributed by atoms with van der Waals surface area (Å²) in [4.78, 5) is 3.40. The number of hydrogen-bond donors (Lipinski definition) is 1. The number of aromatic nitrogens is 1. The first-order valence-corrected chi connectivity index (χ1v) is 7.70. The average molecular weight is 277 g/mol. The number of ether oxygens (including phenoxy) is 1. The maximum absolute atomic E-state index is 5.96. The molecular formula is C19H19NO. The van der Waals surface area contributed by atoms with Crippen molar-refractivity contribution in [1.29, 1.82) is 0 Å². The van der Waals surface area contributed by atoms with Crippen LogP contribution in [-0.2, 0) is 19.4 Å². The minimum atomic E-state index is 0.591. The molecule has 1 N–H and O–H groups in total. The lowest BCUT2D eigenvalue weighted by Crippen LogP contribution is -2.03. The Kier molecular flexibility index (Phi) is 3.15. The van der Waals surface area contributed by atoms with Crippen molar-refractivity contribution < 1.29 is 4.74 Å². The molecule has 1 aliphatic rings. The van der Waals surface area contributed by atoms with Crippen LogP contribution in [0.15, 0.2) is 48.5 Å². The molecule has 0 saturated carbocycles. The fraction of sp³-hybridized carbons (Fsp3) is 0.263. The van der Waals surface area contributed by atoms with Gasteiger partial charge in [-0.3, -0.25) is 0 Å². The molecule has 21 heavy (non-hydrogen) atoms. The summed E-state index contributed by atoms with van der Waals surface area (Å²) < 4.78 is 5.96. The first-order chi connectivity index (χ1) is 10.4. The highest BCUT2D eigenvalue weighted by Gasteiger charge is 2.10. The van der Waals surface area contributed by atoms with Crippen molar-refractivity contribution >= 4 is 10.9 Å². The maximum Gasteiger partial charge on any atom is 0.128 e. The monoisotopic (exact) mass is 277 g/mol. The lowest BCUT2D eigenvalue weighted by Gasteiger charge is -2.16. The molecule has 1 aliphatic carbocycles. The Hall–Kier alpha value is -2.22. The highest BCUT2D eigenvalue weighted by molar-refractivity contribution is 5.80. The molecule has 0 amide bonds. The van der Waals surface area contributed by atoms with Gasteiger partial charge in [-0.2, -0.15) is 0 Å². The second kappa shape index (κ2) is 5.28. The van der Waals surface area contributed by atoms with Crippen molar-refractivity contribution in [2.45, 2.75) is 32.3 Å². The van der Waals surface area contributed by atoms with E-state index in [2.05, 4.69) is 47.4 Å². The van der Waals surface area contributed by atoms with E-state index in [0.717, 1.165) is 11.4 Å². The van der Waals surface area contributed by atoms with Crippen molar-refractivity contribution in [2.24, 2.45) is 0 Å². The molecule has 3 aromatic rings. The van der Waals surface area contributed by atoms with Gasteiger partial charge in [-0.05, 0) is 66.5 Å². The van der Waals surface area contributed by atoms with E-state index in [4.69, 9.17) is 4.74 Å². The molecule has 0 aliphatic heterocycles. The molecule has 4 rings (SSSR count). The van der Waals surface area contributed by atoms with Gasteiger partial charge in [0, 0.05) is 5.52 Å². The summed E-state index contributed by atoms with van der Waals surface area (Å²) in [5.74, 6) is 0.981. The Morgan fingerprint density at radius 3 is 2.67 bits per heavy atom. The third-order valence-electron chi connectivity index (χ3n) is 4.30. The van der Waals surface area contributed by atoms with Gasteiger partial charge >= 0.3 is 0 Å². The Balaban J connectivity index is 1.51. The Labute approximate surface area is 124 Å². The van der Waals surface area contributed by atoms with Crippen molar-refractivity contribution in [3.05, 3.63) is 65.4 Å². The summed E-state index contributed by atoms with van der Waals surface area (Å²) in [6.45, 7) is 0.591. The number of para-hydroxylation sites is 1. The van der Waals surface area contributed by atoms with E-state index >= 15 is 0 Å². The Morgan fingerprint density at radius 1 is 0.905 bits per heavy atom. The van der Waals surface area contributed by atoms with Crippen LogP contribution in [0.1, 0.15) is 29.7 Å². The molecule has 1 aromatic heterocycles. The molecular weight excluding hydrogens is 258 g/mol. The van der Waals surface area contributed by atoms with Crippen molar-refractivity contribution in [3.63, 3.8) is 0 Å². The molecule has 1 heterocycles. The molecule has 0 spiro atoms. The lowest BCUT2D eigenvalue weighted by atomic mass is 9.92. The molecule has 0 atom stereocenters. The van der Waals surface area contributed by atoms with Gasteiger partial charge in [0.2, 0.25) is 0 Å². The summed E-state index contributed by atoms with van der Waals surface area (Å²) >= 11 is 0. The van der Waals surface area contributed by atoms with Crippen LogP contribution in [0.3, 0.4) is 0 Å². The lowest BCUT2D eigenvalue weighted by molar-refractivity contribution is 0.302. The first-order valence-electron chi connectivity index (χ1n) is 7.70. The smallest absolute Gasteiger partial charge is 0.128 e. The summed E-state index contributed by atoms with van der Waals surface area (Å²) in [6.07, 6.45) is 5.04. The van der Waals surface area contributed by atoms with Crippen LogP contribution < -0.4 is 4.74 Å². The predicted molar refractivity (Wildman–Crippen MR) is 85.7 cm³/mol. The average Bonchev–Trinajstić information content (AvgIpc) is 2.95. The first kappa shape index (κ1) is 12.5. The van der Waals surface area contributed by atoms with E-state index < -0.39 is 0 Å². The van der Waals surface area contributed by atoms with Crippen LogP contribution in [0.25, 0.3) is 10.9 Å². The highest BCUT2D eigenvalue weighted by Crippen LogP contribution is 2.26. The standard InChI is InChI=1S/C19H19NO/c1-2-6-15-12-18(10-9-14(15)5-1)21-13-17-11-16-7-3-4-8-19(16)20-17/h3-4,7-12,20H,1-2,5-6,13H2. The third-order valence-corrected chi connectivity index (χ3v) is 4.30. The second-order valence-corrected chi connectivity index (χ2v) is 5.81. The summed E-state index contributed by atoms with van der Waals surface area (Å²) in [7, 11) is 0. The number of nitrogens with one attached hydrogen (secondary N) is 1. The van der Waals surface area contributed by atoms with Crippen LogP contribution in [0.5, 0.6) is 5.75 Å². The van der Waals surface area contributed by atoms with E-state index in [1.807, 2.05) is 6.07 Å². The summed E-state index contributed by atoms with van der Waals surface area (Å²) in [5.41, 5.74) is 5.25. The molecule has 0 saturated heterocycles. The van der Waals surface area contributed by atoms with Gasteiger partial charge in [-0.25, -0.2) is 0 Å². The van der Waals surface area contributed by atoms with Gasteiger partial charge in [0.25, 0.3) is 0 Å². The highest BCUT2D eigenvalue weighted by atomic mass is 16.5. The molecule has 2 nitrogen and oxygen atoms in total. The third kappa shape index (κ3) is 2.54. The van der Waals surface area contributed by atoms with Crippen molar-refractivity contribution in [2.75, 3.05) is 0 Å². The number of benzene rings is 2. The normalized spacial score (nSPS) is 14.1. The molecule has 2 aromatic carbocycles. The number of aromatic amines is 1. The van der Waals surface area contributed by atoms with Crippen LogP contribution in [-0.4, -0.2) is 4.98 Å². The van der Waals surface area contributed by atoms with Gasteiger partial charge in [-0.15, -0.1) is 0 Å². The van der Waals surface area contributed by atoms with Crippen LogP contribution >= 0.6 is 0 Å². The number of fused-ring (bicyclic) bond motifs is 2. The zero-order valence-corrected chi connectivity index (χ0v) is 12.1. The Bertz CT molecular complexity index is 739.